The van der Waals surface area contributed by atoms with Gasteiger partial charge in [-0.15, -0.1) is 0 Å². The van der Waals surface area contributed by atoms with Gasteiger partial charge in [0.25, 0.3) is 5.91 Å². The molecule has 0 saturated heterocycles. The van der Waals surface area contributed by atoms with Gasteiger partial charge in [0, 0.05) is 23.5 Å². The summed E-state index contributed by atoms with van der Waals surface area (Å²) in [5, 5.41) is 4.07. The molecule has 2 aromatic heterocycles. The van der Waals surface area contributed by atoms with Crippen molar-refractivity contribution >= 4 is 28.4 Å². The SMILES string of the molecule is CCCCOc1ccc(Nc2ncc3cc(OCc4ccnc(C(N)=O)c4)ccc3n2)cc1. The monoisotopic (exact) mass is 443 g/mol. The van der Waals surface area contributed by atoms with Crippen LogP contribution >= 0.6 is 0 Å². The minimum Gasteiger partial charge on any atom is -0.494 e. The van der Waals surface area contributed by atoms with E-state index in [-0.39, 0.29) is 12.3 Å². The average molecular weight is 444 g/mol. The third-order valence-corrected chi connectivity index (χ3v) is 4.91. The van der Waals surface area contributed by atoms with Crippen LogP contribution < -0.4 is 20.5 Å². The van der Waals surface area contributed by atoms with Crippen LogP contribution in [0.1, 0.15) is 35.8 Å². The molecule has 2 heterocycles. The van der Waals surface area contributed by atoms with Gasteiger partial charge in [0.2, 0.25) is 5.95 Å². The van der Waals surface area contributed by atoms with Gasteiger partial charge in [0.1, 0.15) is 23.8 Å². The number of carbonyl (C=O) groups is 1. The van der Waals surface area contributed by atoms with E-state index in [0.717, 1.165) is 47.4 Å². The number of nitrogens with one attached hydrogen (secondary N) is 1. The van der Waals surface area contributed by atoms with Gasteiger partial charge in [-0.1, -0.05) is 13.3 Å². The van der Waals surface area contributed by atoms with E-state index in [1.165, 1.54) is 6.20 Å². The minimum absolute atomic E-state index is 0.210. The van der Waals surface area contributed by atoms with Crippen LogP contribution in [0.2, 0.25) is 0 Å². The van der Waals surface area contributed by atoms with Gasteiger partial charge in [0.05, 0.1) is 12.1 Å². The first-order valence-corrected chi connectivity index (χ1v) is 10.7. The molecule has 4 rings (SSSR count). The number of hydrogen-bond donors (Lipinski definition) is 2. The lowest BCUT2D eigenvalue weighted by Crippen LogP contribution is -2.13. The molecule has 3 N–H and O–H groups in total. The highest BCUT2D eigenvalue weighted by Crippen LogP contribution is 2.23. The second-order valence-electron chi connectivity index (χ2n) is 7.47. The molecule has 0 aliphatic rings. The summed E-state index contributed by atoms with van der Waals surface area (Å²) in [6.07, 6.45) is 5.43. The van der Waals surface area contributed by atoms with Gasteiger partial charge < -0.3 is 20.5 Å². The molecule has 0 aliphatic carbocycles. The van der Waals surface area contributed by atoms with E-state index < -0.39 is 5.91 Å². The third kappa shape index (κ3) is 5.94. The summed E-state index contributed by atoms with van der Waals surface area (Å²) in [7, 11) is 0. The summed E-state index contributed by atoms with van der Waals surface area (Å²) in [4.78, 5) is 24.2. The Bertz CT molecular complexity index is 1240. The molecule has 0 bridgehead atoms. The van der Waals surface area contributed by atoms with Crippen molar-refractivity contribution in [2.45, 2.75) is 26.4 Å². The molecule has 0 fully saturated rings. The van der Waals surface area contributed by atoms with Crippen LogP contribution in [-0.2, 0) is 6.61 Å². The zero-order valence-corrected chi connectivity index (χ0v) is 18.3. The molecule has 2 aromatic carbocycles. The second-order valence-corrected chi connectivity index (χ2v) is 7.47. The predicted molar refractivity (Wildman–Crippen MR) is 127 cm³/mol. The smallest absolute Gasteiger partial charge is 0.267 e. The van der Waals surface area contributed by atoms with Crippen molar-refractivity contribution in [3.8, 4) is 11.5 Å². The van der Waals surface area contributed by atoms with Gasteiger partial charge in [-0.25, -0.2) is 9.97 Å². The van der Waals surface area contributed by atoms with Gasteiger partial charge in [-0.05, 0) is 66.6 Å². The van der Waals surface area contributed by atoms with Gasteiger partial charge >= 0.3 is 0 Å². The number of nitrogens with two attached hydrogens (primary N) is 1. The number of aromatic nitrogens is 3. The number of pyridine rings is 1. The Kier molecular flexibility index (Phi) is 6.94. The number of benzene rings is 2. The van der Waals surface area contributed by atoms with E-state index in [9.17, 15) is 4.79 Å². The highest BCUT2D eigenvalue weighted by Gasteiger charge is 2.06. The molecule has 168 valence electrons. The quantitative estimate of drug-likeness (QED) is 0.344. The number of unbranched alkanes of at least 4 members (excludes halogenated alkanes) is 1. The summed E-state index contributed by atoms with van der Waals surface area (Å²) < 4.78 is 11.5. The number of fused-ring (bicyclic) bond motifs is 1. The molecule has 8 heteroatoms. The first-order chi connectivity index (χ1) is 16.1. The molecule has 4 aromatic rings. The lowest BCUT2D eigenvalue weighted by atomic mass is 10.2. The Morgan fingerprint density at radius 1 is 1.00 bits per heavy atom. The molecule has 0 spiro atoms. The first-order valence-electron chi connectivity index (χ1n) is 10.7. The fraction of sp³-hybridized carbons (Fsp3) is 0.200. The molecule has 0 aliphatic heterocycles. The molecule has 33 heavy (non-hydrogen) atoms. The van der Waals surface area contributed by atoms with Crippen molar-refractivity contribution in [1.29, 1.82) is 0 Å². The molecule has 1 amide bonds. The summed E-state index contributed by atoms with van der Waals surface area (Å²) in [5.74, 6) is 1.45. The van der Waals surface area contributed by atoms with E-state index in [4.69, 9.17) is 15.2 Å². The number of amides is 1. The number of ether oxygens (including phenoxy) is 2. The van der Waals surface area contributed by atoms with Gasteiger partial charge in [0.15, 0.2) is 0 Å². The third-order valence-electron chi connectivity index (χ3n) is 4.91. The van der Waals surface area contributed by atoms with E-state index in [2.05, 4.69) is 27.2 Å². The van der Waals surface area contributed by atoms with Gasteiger partial charge in [-0.2, -0.15) is 0 Å². The Labute approximate surface area is 191 Å². The maximum Gasteiger partial charge on any atom is 0.267 e. The van der Waals surface area contributed by atoms with Crippen LogP contribution in [0.3, 0.4) is 0 Å². The molecule has 0 atom stereocenters. The second kappa shape index (κ2) is 10.4. The lowest BCUT2D eigenvalue weighted by Gasteiger charge is -2.10. The Morgan fingerprint density at radius 3 is 2.61 bits per heavy atom. The zero-order chi connectivity index (χ0) is 23.0. The van der Waals surface area contributed by atoms with Crippen LogP contribution in [0.4, 0.5) is 11.6 Å². The fourth-order valence-electron chi connectivity index (χ4n) is 3.12. The number of carbonyl (C=O) groups excluding carboxylic acids is 1. The average Bonchev–Trinajstić information content (AvgIpc) is 2.84. The van der Waals surface area contributed by atoms with Crippen molar-refractivity contribution in [3.05, 3.63) is 78.2 Å². The van der Waals surface area contributed by atoms with Gasteiger partial charge in [-0.3, -0.25) is 9.78 Å². The number of primary amides is 1. The number of rotatable bonds is 10. The van der Waals surface area contributed by atoms with Crippen molar-refractivity contribution in [1.82, 2.24) is 15.0 Å². The topological polar surface area (TPSA) is 112 Å². The zero-order valence-electron chi connectivity index (χ0n) is 18.3. The molecular formula is C25H25N5O3. The molecular weight excluding hydrogens is 418 g/mol. The van der Waals surface area contributed by atoms with Crippen LogP contribution in [-0.4, -0.2) is 27.5 Å². The summed E-state index contributed by atoms with van der Waals surface area (Å²) in [6, 6.07) is 16.7. The fourth-order valence-corrected chi connectivity index (χ4v) is 3.12. The molecule has 0 radical (unpaired) electrons. The van der Waals surface area contributed by atoms with E-state index in [0.29, 0.717) is 11.7 Å². The highest BCUT2D eigenvalue weighted by atomic mass is 16.5. The highest BCUT2D eigenvalue weighted by molar-refractivity contribution is 5.90. The van der Waals surface area contributed by atoms with E-state index in [1.807, 2.05) is 42.5 Å². The molecule has 0 saturated carbocycles. The number of anilines is 2. The van der Waals surface area contributed by atoms with Crippen LogP contribution in [0.15, 0.2) is 67.0 Å². The minimum atomic E-state index is -0.569. The number of nitrogens with zero attached hydrogens (tertiary/aromatic N) is 3. The van der Waals surface area contributed by atoms with Crippen molar-refractivity contribution in [3.63, 3.8) is 0 Å². The molecule has 8 nitrogen and oxygen atoms in total. The van der Waals surface area contributed by atoms with Crippen molar-refractivity contribution in [2.75, 3.05) is 11.9 Å². The van der Waals surface area contributed by atoms with E-state index in [1.54, 1.807) is 18.3 Å². The summed E-state index contributed by atoms with van der Waals surface area (Å²) >= 11 is 0. The Hall–Kier alpha value is -4.20. The predicted octanol–water partition coefficient (Wildman–Crippen LogP) is 4.63. The number of hydrogen-bond acceptors (Lipinski definition) is 7. The maximum atomic E-state index is 11.3. The van der Waals surface area contributed by atoms with E-state index >= 15 is 0 Å². The van der Waals surface area contributed by atoms with Crippen molar-refractivity contribution < 1.29 is 14.3 Å². The standard InChI is InChI=1S/C25H25N5O3/c1-2-3-12-32-20-6-4-19(5-7-20)29-25-28-15-18-14-21(8-9-22(18)30-25)33-16-17-10-11-27-23(13-17)24(26)31/h4-11,13-15H,2-3,12,16H2,1H3,(H2,26,31)(H,28,29,30). The summed E-state index contributed by atoms with van der Waals surface area (Å²) in [6.45, 7) is 3.14. The van der Waals surface area contributed by atoms with Crippen LogP contribution in [0, 0.1) is 0 Å². The van der Waals surface area contributed by atoms with Crippen LogP contribution in [0.25, 0.3) is 10.9 Å². The Morgan fingerprint density at radius 2 is 1.82 bits per heavy atom. The molecule has 0 unspecified atom stereocenters. The first kappa shape index (κ1) is 22.0. The van der Waals surface area contributed by atoms with Crippen molar-refractivity contribution in [2.24, 2.45) is 5.73 Å². The van der Waals surface area contributed by atoms with Crippen LogP contribution in [0.5, 0.6) is 11.5 Å². The normalized spacial score (nSPS) is 10.7. The lowest BCUT2D eigenvalue weighted by molar-refractivity contribution is 0.0995. The maximum absolute atomic E-state index is 11.3. The largest absolute Gasteiger partial charge is 0.494 e. The summed E-state index contributed by atoms with van der Waals surface area (Å²) in [5.41, 5.74) is 7.96. The Balaban J connectivity index is 1.39.